The zero-order chi connectivity index (χ0) is 16.2. The molecule has 2 aromatic carbocycles. The molecule has 2 atom stereocenters. The molecule has 2 bridgehead atoms. The number of aryl methyl sites for hydroxylation is 2. The highest BCUT2D eigenvalue weighted by molar-refractivity contribution is 5.95. The highest BCUT2D eigenvalue weighted by atomic mass is 16.5. The summed E-state index contributed by atoms with van der Waals surface area (Å²) in [6.07, 6.45) is 0.725. The number of carbonyl (C=O) groups excluding carboxylic acids is 1. The second-order valence-electron chi connectivity index (χ2n) is 6.70. The quantitative estimate of drug-likeness (QED) is 0.862. The Kier molecular flexibility index (Phi) is 2.92. The first-order valence-electron chi connectivity index (χ1n) is 7.93. The molecule has 0 radical (unpaired) electrons. The van der Waals surface area contributed by atoms with Crippen molar-refractivity contribution in [2.24, 2.45) is 0 Å². The van der Waals surface area contributed by atoms with Gasteiger partial charge < -0.3 is 10.1 Å². The number of nitrogens with zero attached hydrogens (tertiary/aromatic N) is 1. The molecule has 2 amide bonds. The van der Waals surface area contributed by atoms with Crippen molar-refractivity contribution >= 4 is 11.7 Å². The Labute approximate surface area is 136 Å². The molecule has 2 heterocycles. The third kappa shape index (κ3) is 2.17. The number of carbonyl (C=O) groups is 1. The third-order valence-electron chi connectivity index (χ3n) is 4.69. The van der Waals surface area contributed by atoms with E-state index in [0.29, 0.717) is 0 Å². The summed E-state index contributed by atoms with van der Waals surface area (Å²) < 4.78 is 6.29. The zero-order valence-corrected chi connectivity index (χ0v) is 13.6. The minimum atomic E-state index is -0.678. The van der Waals surface area contributed by atoms with Gasteiger partial charge in [0, 0.05) is 17.7 Å². The molecular formula is C19H20N2O2. The number of ether oxygens (including phenoxy) is 1. The van der Waals surface area contributed by atoms with Gasteiger partial charge in [0.25, 0.3) is 0 Å². The predicted molar refractivity (Wildman–Crippen MR) is 89.8 cm³/mol. The lowest BCUT2D eigenvalue weighted by molar-refractivity contribution is 0.0378. The lowest BCUT2D eigenvalue weighted by Gasteiger charge is -2.50. The van der Waals surface area contributed by atoms with E-state index >= 15 is 0 Å². The van der Waals surface area contributed by atoms with Crippen molar-refractivity contribution in [3.8, 4) is 5.75 Å². The van der Waals surface area contributed by atoms with Crippen LogP contribution in [0.3, 0.4) is 0 Å². The van der Waals surface area contributed by atoms with Gasteiger partial charge in [-0.3, -0.25) is 4.90 Å². The molecule has 2 aliphatic rings. The van der Waals surface area contributed by atoms with Crippen LogP contribution >= 0.6 is 0 Å². The Balaban J connectivity index is 1.81. The summed E-state index contributed by atoms with van der Waals surface area (Å²) in [6.45, 7) is 6.07. The average molecular weight is 308 g/mol. The number of fused-ring (bicyclic) bond motifs is 4. The van der Waals surface area contributed by atoms with E-state index in [1.165, 1.54) is 5.56 Å². The smallest absolute Gasteiger partial charge is 0.325 e. The predicted octanol–water partition coefficient (Wildman–Crippen LogP) is 4.07. The van der Waals surface area contributed by atoms with E-state index in [1.54, 1.807) is 4.90 Å². The van der Waals surface area contributed by atoms with Crippen LogP contribution < -0.4 is 15.0 Å². The third-order valence-corrected chi connectivity index (χ3v) is 4.69. The monoisotopic (exact) mass is 308 g/mol. The molecule has 2 aromatic rings. The van der Waals surface area contributed by atoms with Gasteiger partial charge in [-0.1, -0.05) is 29.8 Å². The van der Waals surface area contributed by atoms with Crippen molar-refractivity contribution < 1.29 is 9.53 Å². The van der Waals surface area contributed by atoms with Crippen LogP contribution in [0.2, 0.25) is 0 Å². The zero-order valence-electron chi connectivity index (χ0n) is 13.6. The van der Waals surface area contributed by atoms with E-state index in [0.717, 1.165) is 29.0 Å². The summed E-state index contributed by atoms with van der Waals surface area (Å²) >= 11 is 0. The lowest BCUT2D eigenvalue weighted by Crippen LogP contribution is -2.65. The second kappa shape index (κ2) is 4.75. The number of nitrogens with one attached hydrogen (secondary N) is 1. The Morgan fingerprint density at radius 1 is 1.17 bits per heavy atom. The average Bonchev–Trinajstić information content (AvgIpc) is 2.47. The van der Waals surface area contributed by atoms with Crippen LogP contribution in [0.25, 0.3) is 0 Å². The summed E-state index contributed by atoms with van der Waals surface area (Å²) in [4.78, 5) is 14.5. The minimum Gasteiger partial charge on any atom is -0.467 e. The first kappa shape index (κ1) is 14.1. The molecular weight excluding hydrogens is 288 g/mol. The van der Waals surface area contributed by atoms with Crippen molar-refractivity contribution in [2.75, 3.05) is 4.90 Å². The number of rotatable bonds is 1. The molecule has 23 heavy (non-hydrogen) atoms. The molecule has 0 aliphatic carbocycles. The highest BCUT2D eigenvalue weighted by Crippen LogP contribution is 2.45. The van der Waals surface area contributed by atoms with Crippen LogP contribution in [0, 0.1) is 13.8 Å². The molecule has 0 aromatic heterocycles. The Morgan fingerprint density at radius 3 is 2.74 bits per heavy atom. The van der Waals surface area contributed by atoms with Crippen molar-refractivity contribution in [1.82, 2.24) is 5.32 Å². The topological polar surface area (TPSA) is 41.6 Å². The summed E-state index contributed by atoms with van der Waals surface area (Å²) in [7, 11) is 0. The van der Waals surface area contributed by atoms with Crippen molar-refractivity contribution in [3.05, 3.63) is 59.2 Å². The van der Waals surface area contributed by atoms with Gasteiger partial charge in [-0.25, -0.2) is 4.79 Å². The summed E-state index contributed by atoms with van der Waals surface area (Å²) in [6, 6.07) is 14.0. The van der Waals surface area contributed by atoms with E-state index in [1.807, 2.05) is 50.2 Å². The van der Waals surface area contributed by atoms with Gasteiger partial charge in [0.05, 0.1) is 6.04 Å². The Morgan fingerprint density at radius 2 is 1.96 bits per heavy atom. The minimum absolute atomic E-state index is 0.00258. The summed E-state index contributed by atoms with van der Waals surface area (Å²) in [5.41, 5.74) is 3.54. The molecule has 1 fully saturated rings. The number of benzene rings is 2. The normalized spacial score (nSPS) is 25.4. The second-order valence-corrected chi connectivity index (χ2v) is 6.70. The van der Waals surface area contributed by atoms with Gasteiger partial charge >= 0.3 is 6.03 Å². The first-order chi connectivity index (χ1) is 11.0. The molecule has 118 valence electrons. The van der Waals surface area contributed by atoms with Gasteiger partial charge in [0.15, 0.2) is 5.72 Å². The van der Waals surface area contributed by atoms with Crippen LogP contribution in [0.1, 0.15) is 36.1 Å². The Bertz CT molecular complexity index is 802. The molecule has 4 nitrogen and oxygen atoms in total. The summed E-state index contributed by atoms with van der Waals surface area (Å²) in [5, 5.41) is 3.13. The van der Waals surface area contributed by atoms with Crippen molar-refractivity contribution in [2.45, 2.75) is 39.0 Å². The van der Waals surface area contributed by atoms with Gasteiger partial charge in [-0.15, -0.1) is 0 Å². The molecule has 2 aliphatic heterocycles. The van der Waals surface area contributed by atoms with Gasteiger partial charge in [0.1, 0.15) is 5.75 Å². The maximum Gasteiger partial charge on any atom is 0.325 e. The van der Waals surface area contributed by atoms with Crippen LogP contribution in [0.15, 0.2) is 42.5 Å². The van der Waals surface area contributed by atoms with Gasteiger partial charge in [-0.2, -0.15) is 0 Å². The largest absolute Gasteiger partial charge is 0.467 e. The first-order valence-corrected chi connectivity index (χ1v) is 7.93. The molecule has 0 spiro atoms. The van der Waals surface area contributed by atoms with Crippen molar-refractivity contribution in [1.29, 1.82) is 0 Å². The number of urea groups is 1. The standard InChI is InChI=1S/C19H20N2O2/c1-12-5-4-6-14(9-12)21-18(22)20-16-11-19(21,3)23-17-8-7-13(2)10-15(16)17/h4-10,16H,11H2,1-3H3,(H,20,22). The fourth-order valence-corrected chi connectivity index (χ4v) is 3.65. The number of amides is 2. The highest BCUT2D eigenvalue weighted by Gasteiger charge is 2.49. The molecule has 0 saturated carbocycles. The van der Waals surface area contributed by atoms with Gasteiger partial charge in [0.2, 0.25) is 0 Å². The number of hydrogen-bond donors (Lipinski definition) is 1. The molecule has 1 saturated heterocycles. The number of anilines is 1. The van der Waals surface area contributed by atoms with E-state index in [2.05, 4.69) is 18.3 Å². The van der Waals surface area contributed by atoms with E-state index in [4.69, 9.17) is 4.74 Å². The van der Waals surface area contributed by atoms with E-state index in [9.17, 15) is 4.79 Å². The Hall–Kier alpha value is -2.49. The van der Waals surface area contributed by atoms with Crippen LogP contribution in [-0.2, 0) is 0 Å². The van der Waals surface area contributed by atoms with E-state index < -0.39 is 5.72 Å². The van der Waals surface area contributed by atoms with E-state index in [-0.39, 0.29) is 12.1 Å². The van der Waals surface area contributed by atoms with Crippen molar-refractivity contribution in [3.63, 3.8) is 0 Å². The molecule has 1 N–H and O–H groups in total. The molecule has 4 rings (SSSR count). The van der Waals surface area contributed by atoms with Crippen LogP contribution in [0.4, 0.5) is 10.5 Å². The fourth-order valence-electron chi connectivity index (χ4n) is 3.65. The maximum atomic E-state index is 12.8. The van der Waals surface area contributed by atoms with Crippen LogP contribution in [0.5, 0.6) is 5.75 Å². The summed E-state index contributed by atoms with van der Waals surface area (Å²) in [5.74, 6) is 0.854. The van der Waals surface area contributed by atoms with Gasteiger partial charge in [-0.05, 0) is 44.5 Å². The lowest BCUT2D eigenvalue weighted by atomic mass is 9.89. The maximum absolute atomic E-state index is 12.8. The van der Waals surface area contributed by atoms with Crippen LogP contribution in [-0.4, -0.2) is 11.8 Å². The molecule has 4 heteroatoms. The fraction of sp³-hybridized carbons (Fsp3) is 0.316. The molecule has 2 unspecified atom stereocenters. The number of hydrogen-bond acceptors (Lipinski definition) is 2. The SMILES string of the molecule is Cc1cccc(N2C(=O)NC3CC2(C)Oc2ccc(C)cc23)c1.